The molecule has 4 atom stereocenters. The van der Waals surface area contributed by atoms with E-state index in [1.54, 1.807) is 0 Å². The van der Waals surface area contributed by atoms with Gasteiger partial charge in [0.15, 0.2) is 0 Å². The molecular formula is C17H26ClNO. The lowest BCUT2D eigenvalue weighted by molar-refractivity contribution is -0.156. The fraction of sp³-hybridized carbons (Fsp3) is 0.941. The van der Waals surface area contributed by atoms with Crippen LogP contribution in [0.5, 0.6) is 0 Å². The van der Waals surface area contributed by atoms with Gasteiger partial charge in [-0.1, -0.05) is 12.8 Å². The highest BCUT2D eigenvalue weighted by atomic mass is 35.5. The van der Waals surface area contributed by atoms with Crippen LogP contribution in [0.15, 0.2) is 0 Å². The third-order valence-corrected chi connectivity index (χ3v) is 6.78. The molecule has 0 aromatic carbocycles. The first kappa shape index (κ1) is 13.4. The SMILES string of the molecule is O=C(N1CCCCCC1)C12C[C@@H]3C[C@@H](CC(Cl)(C3)C1)C2. The second kappa shape index (κ2) is 4.63. The molecule has 0 aromatic rings. The zero-order chi connectivity index (χ0) is 13.8. The van der Waals surface area contributed by atoms with E-state index >= 15 is 0 Å². The van der Waals surface area contributed by atoms with Gasteiger partial charge in [0.05, 0.1) is 5.41 Å². The van der Waals surface area contributed by atoms with Gasteiger partial charge < -0.3 is 4.90 Å². The Labute approximate surface area is 127 Å². The third-order valence-electron chi connectivity index (χ3n) is 6.34. The summed E-state index contributed by atoms with van der Waals surface area (Å²) >= 11 is 6.86. The molecule has 2 nitrogen and oxygen atoms in total. The van der Waals surface area contributed by atoms with E-state index in [0.717, 1.165) is 44.2 Å². The quantitative estimate of drug-likeness (QED) is 0.670. The summed E-state index contributed by atoms with van der Waals surface area (Å²) < 4.78 is 0. The zero-order valence-electron chi connectivity index (χ0n) is 12.4. The van der Waals surface area contributed by atoms with E-state index in [4.69, 9.17) is 11.6 Å². The molecule has 5 aliphatic rings. The Morgan fingerprint density at radius 3 is 2.10 bits per heavy atom. The minimum absolute atomic E-state index is 0.0361. The summed E-state index contributed by atoms with van der Waals surface area (Å²) in [6.07, 6.45) is 11.9. The number of carbonyl (C=O) groups is 1. The molecule has 1 amide bonds. The van der Waals surface area contributed by atoms with Crippen molar-refractivity contribution in [3.8, 4) is 0 Å². The van der Waals surface area contributed by atoms with Gasteiger partial charge in [-0.15, -0.1) is 11.6 Å². The van der Waals surface area contributed by atoms with Crippen LogP contribution < -0.4 is 0 Å². The molecule has 1 aliphatic heterocycles. The minimum Gasteiger partial charge on any atom is -0.342 e. The summed E-state index contributed by atoms with van der Waals surface area (Å²) in [5.74, 6) is 1.92. The average molecular weight is 296 g/mol. The van der Waals surface area contributed by atoms with Crippen molar-refractivity contribution in [2.45, 2.75) is 69.1 Å². The first-order valence-electron chi connectivity index (χ1n) is 8.57. The molecule has 3 heteroatoms. The lowest BCUT2D eigenvalue weighted by Crippen LogP contribution is -2.59. The molecule has 20 heavy (non-hydrogen) atoms. The lowest BCUT2D eigenvalue weighted by Gasteiger charge is -2.59. The van der Waals surface area contributed by atoms with Gasteiger partial charge in [-0.25, -0.2) is 0 Å². The van der Waals surface area contributed by atoms with Gasteiger partial charge in [-0.05, 0) is 63.2 Å². The maximum Gasteiger partial charge on any atom is 0.228 e. The smallest absolute Gasteiger partial charge is 0.228 e. The van der Waals surface area contributed by atoms with Crippen LogP contribution in [0.25, 0.3) is 0 Å². The van der Waals surface area contributed by atoms with Gasteiger partial charge in [-0.3, -0.25) is 4.79 Å². The maximum absolute atomic E-state index is 13.2. The lowest BCUT2D eigenvalue weighted by atomic mass is 9.49. The van der Waals surface area contributed by atoms with E-state index in [0.29, 0.717) is 5.91 Å². The number of hydrogen-bond acceptors (Lipinski definition) is 1. The molecule has 4 aliphatic carbocycles. The Hall–Kier alpha value is -0.240. The highest BCUT2D eigenvalue weighted by molar-refractivity contribution is 6.24. The fourth-order valence-electron chi connectivity index (χ4n) is 6.01. The molecule has 1 heterocycles. The Morgan fingerprint density at radius 1 is 0.950 bits per heavy atom. The largest absolute Gasteiger partial charge is 0.342 e. The molecule has 0 N–H and O–H groups in total. The topological polar surface area (TPSA) is 20.3 Å². The van der Waals surface area contributed by atoms with Crippen LogP contribution in [-0.4, -0.2) is 28.8 Å². The minimum atomic E-state index is -0.0732. The second-order valence-electron chi connectivity index (χ2n) is 8.10. The molecule has 1 saturated heterocycles. The molecule has 4 bridgehead atoms. The average Bonchev–Trinajstić information content (AvgIpc) is 2.63. The van der Waals surface area contributed by atoms with E-state index in [9.17, 15) is 4.79 Å². The van der Waals surface area contributed by atoms with Crippen LogP contribution in [0, 0.1) is 17.3 Å². The van der Waals surface area contributed by atoms with Crippen molar-refractivity contribution in [1.29, 1.82) is 0 Å². The van der Waals surface area contributed by atoms with Crippen LogP contribution in [0.3, 0.4) is 0 Å². The number of alkyl halides is 1. The first-order valence-corrected chi connectivity index (χ1v) is 8.95. The van der Waals surface area contributed by atoms with Crippen LogP contribution >= 0.6 is 11.6 Å². The predicted molar refractivity (Wildman–Crippen MR) is 80.7 cm³/mol. The van der Waals surface area contributed by atoms with Gasteiger partial charge in [0, 0.05) is 18.0 Å². The molecule has 112 valence electrons. The summed E-state index contributed by atoms with van der Waals surface area (Å²) in [6.45, 7) is 1.98. The molecule has 5 fully saturated rings. The van der Waals surface area contributed by atoms with Crippen molar-refractivity contribution in [3.05, 3.63) is 0 Å². The van der Waals surface area contributed by atoms with Gasteiger partial charge in [-0.2, -0.15) is 0 Å². The summed E-state index contributed by atoms with van der Waals surface area (Å²) in [6, 6.07) is 0. The van der Waals surface area contributed by atoms with E-state index in [2.05, 4.69) is 4.90 Å². The number of halogens is 1. The van der Waals surface area contributed by atoms with Crippen molar-refractivity contribution in [1.82, 2.24) is 4.90 Å². The number of nitrogens with zero attached hydrogens (tertiary/aromatic N) is 1. The van der Waals surface area contributed by atoms with Crippen molar-refractivity contribution in [2.24, 2.45) is 17.3 Å². The predicted octanol–water partition coefficient (Wildman–Crippen LogP) is 3.97. The Kier molecular flexibility index (Phi) is 3.11. The van der Waals surface area contributed by atoms with Crippen molar-refractivity contribution in [2.75, 3.05) is 13.1 Å². The fourth-order valence-corrected chi connectivity index (χ4v) is 6.70. The van der Waals surface area contributed by atoms with Crippen molar-refractivity contribution >= 4 is 17.5 Å². The normalized spacial score (nSPS) is 47.4. The Balaban J connectivity index is 1.58. The number of likely N-dealkylation sites (tertiary alicyclic amines) is 1. The molecule has 0 radical (unpaired) electrons. The summed E-state index contributed by atoms with van der Waals surface area (Å²) in [5, 5.41) is 0. The number of amides is 1. The Morgan fingerprint density at radius 2 is 1.55 bits per heavy atom. The van der Waals surface area contributed by atoms with Crippen LogP contribution in [-0.2, 0) is 4.79 Å². The highest BCUT2D eigenvalue weighted by Gasteiger charge is 2.60. The number of carbonyl (C=O) groups excluding carboxylic acids is 1. The van der Waals surface area contributed by atoms with Crippen molar-refractivity contribution < 1.29 is 4.79 Å². The first-order chi connectivity index (χ1) is 9.59. The van der Waals surface area contributed by atoms with Gasteiger partial charge in [0.2, 0.25) is 5.91 Å². The third kappa shape index (κ3) is 2.10. The van der Waals surface area contributed by atoms with Gasteiger partial charge in [0.25, 0.3) is 0 Å². The van der Waals surface area contributed by atoms with Gasteiger partial charge >= 0.3 is 0 Å². The molecule has 5 rings (SSSR count). The number of rotatable bonds is 1. The van der Waals surface area contributed by atoms with E-state index in [1.165, 1.54) is 44.9 Å². The molecule has 0 aromatic heterocycles. The molecule has 0 spiro atoms. The van der Waals surface area contributed by atoms with E-state index < -0.39 is 0 Å². The molecular weight excluding hydrogens is 270 g/mol. The molecule has 4 saturated carbocycles. The van der Waals surface area contributed by atoms with E-state index in [-0.39, 0.29) is 10.3 Å². The monoisotopic (exact) mass is 295 g/mol. The molecule has 2 unspecified atom stereocenters. The van der Waals surface area contributed by atoms with Crippen LogP contribution in [0.4, 0.5) is 0 Å². The maximum atomic E-state index is 13.2. The van der Waals surface area contributed by atoms with Gasteiger partial charge in [0.1, 0.15) is 0 Å². The zero-order valence-corrected chi connectivity index (χ0v) is 13.1. The summed E-state index contributed by atoms with van der Waals surface area (Å²) in [5.41, 5.74) is -0.0732. The summed E-state index contributed by atoms with van der Waals surface area (Å²) in [7, 11) is 0. The van der Waals surface area contributed by atoms with E-state index in [1.807, 2.05) is 0 Å². The Bertz CT molecular complexity index is 399. The van der Waals surface area contributed by atoms with Crippen LogP contribution in [0.2, 0.25) is 0 Å². The number of hydrogen-bond donors (Lipinski definition) is 0. The standard InChI is InChI=1S/C17H26ClNO/c18-17-10-13-7-14(11-17)9-16(8-13,12-17)15(20)19-5-3-1-2-4-6-19/h13-14H,1-12H2/t13-,14+,16?,17?. The highest BCUT2D eigenvalue weighted by Crippen LogP contribution is 2.64. The van der Waals surface area contributed by atoms with Crippen molar-refractivity contribution in [3.63, 3.8) is 0 Å². The second-order valence-corrected chi connectivity index (χ2v) is 8.90. The van der Waals surface area contributed by atoms with Crippen LogP contribution in [0.1, 0.15) is 64.2 Å². The summed E-state index contributed by atoms with van der Waals surface area (Å²) in [4.78, 5) is 15.4.